The van der Waals surface area contributed by atoms with Crippen molar-refractivity contribution in [3.63, 3.8) is 0 Å². The number of nitrogens with zero attached hydrogens (tertiary/aromatic N) is 6. The van der Waals surface area contributed by atoms with Crippen LogP contribution in [0.25, 0.3) is 34.1 Å². The number of rotatable bonds is 46. The number of benzene rings is 1. The maximum absolute atomic E-state index is 2.73. The average Bonchev–Trinajstić information content (AvgIpc) is 1.37. The third kappa shape index (κ3) is 18.5. The molecule has 6 nitrogen and oxygen atoms in total. The Morgan fingerprint density at radius 3 is 0.489 bits per heavy atom. The summed E-state index contributed by atoms with van der Waals surface area (Å²) in [4.78, 5) is 0. The highest BCUT2D eigenvalue weighted by molar-refractivity contribution is 7.98. The van der Waals surface area contributed by atoms with E-state index in [2.05, 4.69) is 181 Å². The van der Waals surface area contributed by atoms with E-state index in [1.165, 1.54) is 262 Å². The Balaban J connectivity index is 1.47. The molecule has 7 aromatic rings. The molecule has 0 unspecified atom stereocenters. The first-order valence-corrected chi connectivity index (χ1v) is 40.3. The van der Waals surface area contributed by atoms with Crippen LogP contribution in [0.2, 0.25) is 0 Å². The molecule has 0 saturated heterocycles. The first kappa shape index (κ1) is 69.9. The van der Waals surface area contributed by atoms with Gasteiger partial charge in [0.1, 0.15) is 0 Å². The fraction of sp³-hybridized carbons (Fsp3) is 0.634. The van der Waals surface area contributed by atoms with Gasteiger partial charge in [-0.25, -0.2) is 0 Å². The van der Waals surface area contributed by atoms with Crippen molar-refractivity contribution in [2.45, 2.75) is 335 Å². The predicted molar refractivity (Wildman–Crippen MR) is 395 cm³/mol. The van der Waals surface area contributed by atoms with Crippen LogP contribution < -0.4 is 0 Å². The van der Waals surface area contributed by atoms with Crippen LogP contribution in [0, 0.1) is 0 Å². The van der Waals surface area contributed by atoms with E-state index < -0.39 is 0 Å². The number of unbranched alkanes of at least 4 members (excludes halogenated alkanes) is 24. The molecule has 6 aromatic heterocycles. The molecule has 8 heterocycles. The van der Waals surface area contributed by atoms with Gasteiger partial charge in [-0.3, -0.25) is 0 Å². The van der Waals surface area contributed by atoms with Gasteiger partial charge in [0.15, 0.2) is 0 Å². The molecule has 2 aliphatic heterocycles. The summed E-state index contributed by atoms with van der Waals surface area (Å²) >= 11 is 4.18. The summed E-state index contributed by atoms with van der Waals surface area (Å²) in [5.74, 6) is 4.27. The lowest BCUT2D eigenvalue weighted by Crippen LogP contribution is -2.18. The monoisotopic (exact) mass is 1260 g/mol. The summed E-state index contributed by atoms with van der Waals surface area (Å²) in [5, 5.41) is 0. The summed E-state index contributed by atoms with van der Waals surface area (Å²) in [6, 6.07) is 0. The highest BCUT2D eigenvalue weighted by Gasteiger charge is 2.34. The van der Waals surface area contributed by atoms with Crippen LogP contribution in [-0.4, -0.2) is 27.4 Å². The summed E-state index contributed by atoms with van der Waals surface area (Å²) in [5.41, 5.74) is 26.4. The van der Waals surface area contributed by atoms with Crippen LogP contribution in [-0.2, 0) is 74.4 Å². The molecule has 2 aliphatic rings. The fourth-order valence-electron chi connectivity index (χ4n) is 14.9. The molecule has 0 saturated carbocycles. The summed E-state index contributed by atoms with van der Waals surface area (Å²) in [6.45, 7) is 18.9. The molecule has 0 radical (unpaired) electrons. The molecule has 9 rings (SSSR count). The zero-order valence-electron chi connectivity index (χ0n) is 58.5. The highest BCUT2D eigenvalue weighted by Crippen LogP contribution is 2.48. The number of aromatic nitrogens is 6. The van der Waals surface area contributed by atoms with Gasteiger partial charge in [0, 0.05) is 97.4 Å². The summed E-state index contributed by atoms with van der Waals surface area (Å²) in [7, 11) is 0. The first-order valence-electron chi connectivity index (χ1n) is 38.0. The number of aryl methyl sites for hydroxylation is 8. The fourth-order valence-corrected chi connectivity index (χ4v) is 17.1. The second kappa shape index (κ2) is 37.5. The number of hydrogen-bond acceptors (Lipinski definition) is 2. The van der Waals surface area contributed by atoms with Crippen LogP contribution in [0.5, 0.6) is 0 Å². The first-order chi connectivity index (χ1) is 44.4. The van der Waals surface area contributed by atoms with Gasteiger partial charge in [0.05, 0.1) is 34.1 Å². The van der Waals surface area contributed by atoms with Gasteiger partial charge >= 0.3 is 0 Å². The zero-order valence-corrected chi connectivity index (χ0v) is 60.2. The van der Waals surface area contributed by atoms with Crippen molar-refractivity contribution in [1.82, 2.24) is 27.4 Å². The molecular weight excluding hydrogens is 1130 g/mol. The Labute approximate surface area is 558 Å². The molecule has 1 aromatic carbocycles. The molecule has 0 fully saturated rings. The van der Waals surface area contributed by atoms with Crippen molar-refractivity contribution in [3.05, 3.63) is 141 Å². The van der Waals surface area contributed by atoms with Crippen molar-refractivity contribution >= 4 is 23.5 Å². The SMILES string of the molecule is CCCCCCc1cn(-c2c(-n3cc(CCCCCC)c(CCCCCC)c3)c(-n3cc4c(c3)CSC4)c(-n3cc(CCCCCC)c(CCCCCC)c3)c(-n3cc(CCCCCC)c(CCCCCC)c3)c2-n2cc3c(c2)CSC3)cc1CCCCCC. The molecule has 90 heavy (non-hydrogen) atoms. The van der Waals surface area contributed by atoms with Gasteiger partial charge < -0.3 is 27.4 Å². The molecule has 0 aliphatic carbocycles. The maximum Gasteiger partial charge on any atom is 0.0981 e. The molecule has 0 bridgehead atoms. The molecule has 0 amide bonds. The Kier molecular flexibility index (Phi) is 29.1. The minimum Gasteiger partial charge on any atom is -0.320 e. The Morgan fingerprint density at radius 1 is 0.200 bits per heavy atom. The standard InChI is InChI=1S/C82H124N6S2/c1-9-17-25-33-41-65-49-83(50-66(65)42-34-26-18-10-2)77-78(84-51-67(43-35-27-19-11-3)68(52-84)44-36-28-20-12-4)82(88-59-75-63-90-64-76(75)60-88)80(86-55-71(47-39-31-23-15-7)72(56-86)48-40-32-24-16-8)79(81(77)87-57-73-61-89-62-74(73)58-87)85-53-69(45-37-29-21-13-5)70(54-85)46-38-30-22-14-6/h49-60H,9-48,61-64H2,1-8H3. The molecular formula is C82H124N6S2. The molecule has 0 N–H and O–H groups in total. The normalized spacial score (nSPS) is 13.1. The number of fused-ring (bicyclic) bond motifs is 2. The Morgan fingerprint density at radius 2 is 0.344 bits per heavy atom. The maximum atomic E-state index is 2.73. The van der Waals surface area contributed by atoms with Crippen LogP contribution >= 0.6 is 23.5 Å². The zero-order chi connectivity index (χ0) is 62.9. The van der Waals surface area contributed by atoms with Gasteiger partial charge in [-0.1, -0.05) is 209 Å². The summed E-state index contributed by atoms with van der Waals surface area (Å²) in [6.07, 6.45) is 81.6. The van der Waals surface area contributed by atoms with Crippen LogP contribution in [0.3, 0.4) is 0 Å². The molecule has 0 atom stereocenters. The van der Waals surface area contributed by atoms with Crippen molar-refractivity contribution in [2.24, 2.45) is 0 Å². The van der Waals surface area contributed by atoms with Gasteiger partial charge in [-0.2, -0.15) is 23.5 Å². The van der Waals surface area contributed by atoms with Crippen molar-refractivity contribution in [2.75, 3.05) is 0 Å². The van der Waals surface area contributed by atoms with Gasteiger partial charge in [-0.15, -0.1) is 0 Å². The predicted octanol–water partition coefficient (Wildman–Crippen LogP) is 24.9. The lowest BCUT2D eigenvalue weighted by atomic mass is 10.0. The summed E-state index contributed by atoms with van der Waals surface area (Å²) < 4.78 is 16.3. The number of thioether (sulfide) groups is 2. The lowest BCUT2D eigenvalue weighted by Gasteiger charge is -2.29. The van der Waals surface area contributed by atoms with Crippen molar-refractivity contribution in [1.29, 1.82) is 0 Å². The van der Waals surface area contributed by atoms with E-state index in [1.807, 2.05) is 0 Å². The van der Waals surface area contributed by atoms with Gasteiger partial charge in [0.2, 0.25) is 0 Å². The topological polar surface area (TPSA) is 29.6 Å². The van der Waals surface area contributed by atoms with Crippen molar-refractivity contribution < 1.29 is 0 Å². The van der Waals surface area contributed by atoms with Gasteiger partial charge in [-0.05, 0) is 169 Å². The van der Waals surface area contributed by atoms with Crippen LogP contribution in [0.15, 0.2) is 74.4 Å². The average molecular weight is 1260 g/mol. The third-order valence-electron chi connectivity index (χ3n) is 20.3. The number of hydrogen-bond donors (Lipinski definition) is 0. The van der Waals surface area contributed by atoms with E-state index in [9.17, 15) is 0 Å². The quantitative estimate of drug-likeness (QED) is 0.0356. The second-order valence-corrected chi connectivity index (χ2v) is 29.8. The Bertz CT molecular complexity index is 2680. The van der Waals surface area contributed by atoms with E-state index in [-0.39, 0.29) is 0 Å². The minimum absolute atomic E-state index is 1.07. The van der Waals surface area contributed by atoms with E-state index in [1.54, 1.807) is 44.5 Å². The van der Waals surface area contributed by atoms with Crippen LogP contribution in [0.1, 0.15) is 328 Å². The largest absolute Gasteiger partial charge is 0.320 e. The highest BCUT2D eigenvalue weighted by atomic mass is 32.2. The molecule has 494 valence electrons. The van der Waals surface area contributed by atoms with Crippen LogP contribution in [0.4, 0.5) is 0 Å². The van der Waals surface area contributed by atoms with E-state index >= 15 is 0 Å². The third-order valence-corrected chi connectivity index (χ3v) is 22.4. The Hall–Kier alpha value is -4.40. The molecule has 8 heteroatoms. The smallest absolute Gasteiger partial charge is 0.0981 e. The van der Waals surface area contributed by atoms with Gasteiger partial charge in [0.25, 0.3) is 0 Å². The van der Waals surface area contributed by atoms with E-state index in [0.717, 1.165) is 74.4 Å². The van der Waals surface area contributed by atoms with E-state index in [0.29, 0.717) is 0 Å². The minimum atomic E-state index is 1.07. The lowest BCUT2D eigenvalue weighted by molar-refractivity contribution is 0.652. The van der Waals surface area contributed by atoms with E-state index in [4.69, 9.17) is 0 Å². The second-order valence-electron chi connectivity index (χ2n) is 27.9. The molecule has 0 spiro atoms. The van der Waals surface area contributed by atoms with Crippen molar-refractivity contribution in [3.8, 4) is 34.1 Å².